The van der Waals surface area contributed by atoms with Crippen molar-refractivity contribution in [1.29, 1.82) is 0 Å². The Morgan fingerprint density at radius 3 is 2.52 bits per heavy atom. The second-order valence-electron chi connectivity index (χ2n) is 7.24. The van der Waals surface area contributed by atoms with E-state index in [0.29, 0.717) is 39.9 Å². The van der Waals surface area contributed by atoms with Crippen molar-refractivity contribution in [3.63, 3.8) is 0 Å². The number of ketones is 1. The standard InChI is InChI=1S/C22H22N2O7/c1-12(25)15-8-19-20(31-11-30-19)9-16(15)23-22(27)13-6-21(26)24(10-13)17-7-14(28-2)4-5-18(17)29-3/h4-5,7-9,13H,6,10-11H2,1-3H3,(H,23,27). The maximum atomic E-state index is 13.0. The summed E-state index contributed by atoms with van der Waals surface area (Å²) in [6, 6.07) is 8.25. The average Bonchev–Trinajstić information content (AvgIpc) is 3.38. The zero-order valence-electron chi connectivity index (χ0n) is 17.4. The molecule has 0 aliphatic carbocycles. The molecule has 2 aliphatic rings. The lowest BCUT2D eigenvalue weighted by Crippen LogP contribution is -2.28. The van der Waals surface area contributed by atoms with Crippen LogP contribution in [0.4, 0.5) is 11.4 Å². The normalized spacial score (nSPS) is 16.9. The van der Waals surface area contributed by atoms with Crippen LogP contribution in [0.25, 0.3) is 0 Å². The molecule has 2 aromatic rings. The molecule has 1 fully saturated rings. The number of amides is 2. The van der Waals surface area contributed by atoms with E-state index < -0.39 is 5.92 Å². The number of nitrogens with one attached hydrogen (secondary N) is 1. The molecule has 2 heterocycles. The van der Waals surface area contributed by atoms with Crippen molar-refractivity contribution in [3.05, 3.63) is 35.9 Å². The molecule has 9 nitrogen and oxygen atoms in total. The highest BCUT2D eigenvalue weighted by atomic mass is 16.7. The summed E-state index contributed by atoms with van der Waals surface area (Å²) in [6.45, 7) is 1.63. The molecular formula is C22H22N2O7. The lowest BCUT2D eigenvalue weighted by Gasteiger charge is -2.20. The molecule has 1 saturated heterocycles. The summed E-state index contributed by atoms with van der Waals surface area (Å²) in [5, 5.41) is 2.78. The van der Waals surface area contributed by atoms with E-state index in [9.17, 15) is 14.4 Å². The predicted molar refractivity (Wildman–Crippen MR) is 111 cm³/mol. The van der Waals surface area contributed by atoms with Gasteiger partial charge < -0.3 is 29.2 Å². The second-order valence-corrected chi connectivity index (χ2v) is 7.24. The van der Waals surface area contributed by atoms with Crippen molar-refractivity contribution in [2.75, 3.05) is 37.8 Å². The molecule has 0 bridgehead atoms. The van der Waals surface area contributed by atoms with Crippen molar-refractivity contribution in [1.82, 2.24) is 0 Å². The van der Waals surface area contributed by atoms with E-state index in [4.69, 9.17) is 18.9 Å². The molecule has 1 atom stereocenters. The SMILES string of the molecule is COc1ccc(OC)c(N2CC(C(=O)Nc3cc4c(cc3C(C)=O)OCO4)CC2=O)c1. The number of carbonyl (C=O) groups is 3. The second kappa shape index (κ2) is 8.17. The van der Waals surface area contributed by atoms with Gasteiger partial charge in [0.1, 0.15) is 11.5 Å². The summed E-state index contributed by atoms with van der Waals surface area (Å²) in [6.07, 6.45) is 0.0339. The minimum atomic E-state index is -0.603. The van der Waals surface area contributed by atoms with Crippen LogP contribution in [0.15, 0.2) is 30.3 Å². The van der Waals surface area contributed by atoms with E-state index in [1.54, 1.807) is 30.3 Å². The van der Waals surface area contributed by atoms with Gasteiger partial charge in [0.15, 0.2) is 17.3 Å². The van der Waals surface area contributed by atoms with Crippen LogP contribution in [-0.2, 0) is 9.59 Å². The number of methoxy groups -OCH3 is 2. The van der Waals surface area contributed by atoms with Crippen molar-refractivity contribution in [2.24, 2.45) is 5.92 Å². The largest absolute Gasteiger partial charge is 0.497 e. The van der Waals surface area contributed by atoms with Crippen LogP contribution < -0.4 is 29.2 Å². The number of hydrogen-bond donors (Lipinski definition) is 1. The van der Waals surface area contributed by atoms with Crippen LogP contribution in [0.5, 0.6) is 23.0 Å². The highest BCUT2D eigenvalue weighted by molar-refractivity contribution is 6.08. The number of rotatable bonds is 6. The Bertz CT molecular complexity index is 1070. The molecule has 4 rings (SSSR count). The zero-order chi connectivity index (χ0) is 22.1. The summed E-state index contributed by atoms with van der Waals surface area (Å²) in [5.41, 5.74) is 1.18. The van der Waals surface area contributed by atoms with Crippen molar-refractivity contribution < 1.29 is 33.3 Å². The Morgan fingerprint density at radius 1 is 1.10 bits per heavy atom. The molecule has 2 aromatic carbocycles. The van der Waals surface area contributed by atoms with Crippen LogP contribution in [-0.4, -0.2) is 45.2 Å². The number of fused-ring (bicyclic) bond motifs is 1. The fraction of sp³-hybridized carbons (Fsp3) is 0.318. The third-order valence-electron chi connectivity index (χ3n) is 5.32. The Balaban J connectivity index is 1.56. The minimum Gasteiger partial charge on any atom is -0.497 e. The van der Waals surface area contributed by atoms with Gasteiger partial charge in [-0.2, -0.15) is 0 Å². The molecule has 2 amide bonds. The van der Waals surface area contributed by atoms with E-state index in [-0.39, 0.29) is 37.4 Å². The molecule has 0 saturated carbocycles. The summed E-state index contributed by atoms with van der Waals surface area (Å²) in [5.74, 6) is 0.588. The maximum Gasteiger partial charge on any atom is 0.231 e. The number of nitrogens with zero attached hydrogens (tertiary/aromatic N) is 1. The summed E-state index contributed by atoms with van der Waals surface area (Å²) in [4.78, 5) is 39.2. The summed E-state index contributed by atoms with van der Waals surface area (Å²) < 4.78 is 21.3. The van der Waals surface area contributed by atoms with Gasteiger partial charge in [-0.15, -0.1) is 0 Å². The van der Waals surface area contributed by atoms with Crippen molar-refractivity contribution in [2.45, 2.75) is 13.3 Å². The number of Topliss-reactive ketones (excluding diaryl/α,β-unsaturated/α-hetero) is 1. The van der Waals surface area contributed by atoms with Gasteiger partial charge in [-0.1, -0.05) is 0 Å². The molecule has 9 heteroatoms. The Kier molecular flexibility index (Phi) is 5.41. The van der Waals surface area contributed by atoms with Gasteiger partial charge in [0.2, 0.25) is 18.6 Å². The van der Waals surface area contributed by atoms with Crippen molar-refractivity contribution >= 4 is 29.0 Å². The molecule has 162 valence electrons. The highest BCUT2D eigenvalue weighted by Gasteiger charge is 2.37. The maximum absolute atomic E-state index is 13.0. The fourth-order valence-electron chi connectivity index (χ4n) is 3.70. The molecule has 0 spiro atoms. The van der Waals surface area contributed by atoms with Gasteiger partial charge >= 0.3 is 0 Å². The molecular weight excluding hydrogens is 404 g/mol. The van der Waals surface area contributed by atoms with E-state index >= 15 is 0 Å². The van der Waals surface area contributed by atoms with Crippen LogP contribution >= 0.6 is 0 Å². The number of carbonyl (C=O) groups excluding carboxylic acids is 3. The first-order valence-corrected chi connectivity index (χ1v) is 9.69. The molecule has 1 unspecified atom stereocenters. The number of anilines is 2. The van der Waals surface area contributed by atoms with E-state index in [1.807, 2.05) is 0 Å². The summed E-state index contributed by atoms with van der Waals surface area (Å²) >= 11 is 0. The van der Waals surface area contributed by atoms with Gasteiger partial charge in [0.05, 0.1) is 31.5 Å². The van der Waals surface area contributed by atoms with Crippen LogP contribution in [0.3, 0.4) is 0 Å². The monoisotopic (exact) mass is 426 g/mol. The molecule has 2 aliphatic heterocycles. The summed E-state index contributed by atoms with van der Waals surface area (Å²) in [7, 11) is 3.05. The van der Waals surface area contributed by atoms with E-state index in [0.717, 1.165) is 0 Å². The van der Waals surface area contributed by atoms with E-state index in [1.165, 1.54) is 26.0 Å². The Hall–Kier alpha value is -3.75. The van der Waals surface area contributed by atoms with Gasteiger partial charge in [-0.3, -0.25) is 14.4 Å². The van der Waals surface area contributed by atoms with Crippen molar-refractivity contribution in [3.8, 4) is 23.0 Å². The minimum absolute atomic E-state index is 0.0339. The first-order valence-electron chi connectivity index (χ1n) is 9.69. The van der Waals surface area contributed by atoms with Crippen LogP contribution in [0.1, 0.15) is 23.7 Å². The lowest BCUT2D eigenvalue weighted by molar-refractivity contribution is -0.122. The molecule has 1 N–H and O–H groups in total. The Labute approximate surface area is 178 Å². The third kappa shape index (κ3) is 3.86. The lowest BCUT2D eigenvalue weighted by atomic mass is 10.1. The van der Waals surface area contributed by atoms with Crippen LogP contribution in [0, 0.1) is 5.92 Å². The smallest absolute Gasteiger partial charge is 0.231 e. The van der Waals surface area contributed by atoms with Gasteiger partial charge in [0, 0.05) is 30.7 Å². The quantitative estimate of drug-likeness (QED) is 0.708. The predicted octanol–water partition coefficient (Wildman–Crippen LogP) is 2.63. The number of hydrogen-bond acceptors (Lipinski definition) is 7. The number of benzene rings is 2. The van der Waals surface area contributed by atoms with Gasteiger partial charge in [-0.25, -0.2) is 0 Å². The van der Waals surface area contributed by atoms with Crippen LogP contribution in [0.2, 0.25) is 0 Å². The van der Waals surface area contributed by atoms with Gasteiger partial charge in [0.25, 0.3) is 0 Å². The highest BCUT2D eigenvalue weighted by Crippen LogP contribution is 2.39. The first kappa shape index (κ1) is 20.5. The molecule has 31 heavy (non-hydrogen) atoms. The molecule has 0 aromatic heterocycles. The van der Waals surface area contributed by atoms with Gasteiger partial charge in [-0.05, 0) is 25.1 Å². The third-order valence-corrected chi connectivity index (χ3v) is 5.32. The Morgan fingerprint density at radius 2 is 1.84 bits per heavy atom. The van der Waals surface area contributed by atoms with E-state index in [2.05, 4.69) is 5.32 Å². The first-order chi connectivity index (χ1) is 14.9. The average molecular weight is 426 g/mol. The zero-order valence-corrected chi connectivity index (χ0v) is 17.4. The topological polar surface area (TPSA) is 103 Å². The molecule has 0 radical (unpaired) electrons. The number of ether oxygens (including phenoxy) is 4. The fourth-order valence-corrected chi connectivity index (χ4v) is 3.70.